The molecule has 6 rings (SSSR count). The zero-order valence-electron chi connectivity index (χ0n) is 57.7. The molecule has 0 aromatic heterocycles. The number of hydrogen-bond donors (Lipinski definition) is 6. The molecular formula is C70H78N6O26. The second kappa shape index (κ2) is 44.4. The van der Waals surface area contributed by atoms with Crippen LogP contribution < -0.4 is 90.4 Å². The van der Waals surface area contributed by atoms with Crippen molar-refractivity contribution in [3.63, 3.8) is 0 Å². The van der Waals surface area contributed by atoms with Gasteiger partial charge < -0.3 is 90.4 Å². The number of carbonyl (C=O) groups is 14. The summed E-state index contributed by atoms with van der Waals surface area (Å²) in [6.45, 7) is 16.3. The van der Waals surface area contributed by atoms with Gasteiger partial charge in [0, 0.05) is 135 Å². The second-order valence-electron chi connectivity index (χ2n) is 20.4. The Morgan fingerprint density at radius 2 is 0.373 bits per heavy atom. The molecule has 32 nitrogen and oxygen atoms in total. The minimum atomic E-state index is -0.614. The molecule has 2 amide bonds. The van der Waals surface area contributed by atoms with Crippen LogP contribution in [-0.4, -0.2) is 83.4 Å². The number of rotatable bonds is 22. The lowest BCUT2D eigenvalue weighted by Crippen LogP contribution is -2.23. The van der Waals surface area contributed by atoms with E-state index in [0.29, 0.717) is 37.3 Å². The number of nitrogens with one attached hydrogen (secondary N) is 2. The summed E-state index contributed by atoms with van der Waals surface area (Å²) in [4.78, 5) is 156. The Balaban J connectivity index is 0.000000465. The van der Waals surface area contributed by atoms with E-state index in [1.807, 2.05) is 0 Å². The smallest absolute Gasteiger partial charge is 0.308 e. The Morgan fingerprint density at radius 1 is 0.235 bits per heavy atom. The van der Waals surface area contributed by atoms with Crippen molar-refractivity contribution in [2.75, 3.05) is 0 Å². The van der Waals surface area contributed by atoms with Crippen molar-refractivity contribution in [3.8, 4) is 69.0 Å². The Kier molecular flexibility index (Phi) is 37.3. The molecule has 0 aliphatic heterocycles. The Labute approximate surface area is 585 Å². The average Bonchev–Trinajstić information content (AvgIpc) is 0.890. The lowest BCUT2D eigenvalue weighted by molar-refractivity contribution is -0.134. The maximum Gasteiger partial charge on any atom is 0.308 e. The lowest BCUT2D eigenvalue weighted by Gasteiger charge is -2.11. The molecule has 0 fully saturated rings. The van der Waals surface area contributed by atoms with Crippen molar-refractivity contribution in [1.29, 1.82) is 0 Å². The summed E-state index contributed by atoms with van der Waals surface area (Å²) in [5, 5.41) is 5.14. The van der Waals surface area contributed by atoms with Crippen molar-refractivity contribution in [2.45, 2.75) is 122 Å². The maximum absolute atomic E-state index is 12.1. The van der Waals surface area contributed by atoms with Gasteiger partial charge >= 0.3 is 71.6 Å². The highest BCUT2D eigenvalue weighted by molar-refractivity contribution is 5.96. The molecule has 0 saturated carbocycles. The van der Waals surface area contributed by atoms with Gasteiger partial charge in [0.05, 0.1) is 0 Å². The summed E-state index contributed by atoms with van der Waals surface area (Å²) in [6.07, 6.45) is 2.06. The molecule has 10 N–H and O–H groups in total. The van der Waals surface area contributed by atoms with Crippen LogP contribution in [0.25, 0.3) is 0 Å². The molecule has 0 aliphatic rings. The first-order valence-corrected chi connectivity index (χ1v) is 30.1. The van der Waals surface area contributed by atoms with E-state index in [4.69, 9.17) is 79.8 Å². The summed E-state index contributed by atoms with van der Waals surface area (Å²) in [6, 6.07) is 28.1. The standard InChI is InChI=1S/C26H26N2O10.4C11H13NO4/c1-15(29)35-21-7-5-19(11-23(21)37-17(3)31)13-27-25(33)9-10-26(34)28-14-20-6-8-22(36-16(2)30)24(12-20)38-18(4)32;4*1-7(13)15-10-4-3-9(6-12)5-11(10)16-8(2)14/h5-12H,13-14H2,1-4H3,(H,27,33)(H,28,34);4*3-5H,6,12H2,1-2H3/b10-9-;;;;. The van der Waals surface area contributed by atoms with E-state index >= 15 is 0 Å². The van der Waals surface area contributed by atoms with Gasteiger partial charge in [-0.1, -0.05) is 36.4 Å². The van der Waals surface area contributed by atoms with E-state index in [2.05, 4.69) is 10.6 Å². The predicted octanol–water partition coefficient (Wildman–Crippen LogP) is 5.86. The molecule has 0 radical (unpaired) electrons. The number of amides is 2. The summed E-state index contributed by atoms with van der Waals surface area (Å²) in [5.41, 5.74) is 26.0. The Morgan fingerprint density at radius 3 is 0.520 bits per heavy atom. The van der Waals surface area contributed by atoms with E-state index in [9.17, 15) is 67.1 Å². The fraction of sp³-hybridized carbons (Fsp3) is 0.257. The van der Waals surface area contributed by atoms with Gasteiger partial charge in [0.1, 0.15) is 0 Å². The molecule has 102 heavy (non-hydrogen) atoms. The first kappa shape index (κ1) is 85.6. The van der Waals surface area contributed by atoms with Crippen LogP contribution in [0.15, 0.2) is 121 Å². The number of nitrogens with two attached hydrogens (primary N) is 4. The third kappa shape index (κ3) is 35.1. The molecule has 32 heteroatoms. The van der Waals surface area contributed by atoms with Crippen LogP contribution in [0.3, 0.4) is 0 Å². The molecule has 0 unspecified atom stereocenters. The van der Waals surface area contributed by atoms with Gasteiger partial charge in [-0.15, -0.1) is 0 Å². The average molecular weight is 1420 g/mol. The maximum atomic E-state index is 12.1. The van der Waals surface area contributed by atoms with E-state index in [1.165, 1.54) is 107 Å². The van der Waals surface area contributed by atoms with Crippen molar-refractivity contribution >= 4 is 83.4 Å². The minimum Gasteiger partial charge on any atom is -0.423 e. The molecule has 0 atom stereocenters. The molecular weight excluding hydrogens is 1340 g/mol. The van der Waals surface area contributed by atoms with Crippen molar-refractivity contribution in [3.05, 3.63) is 155 Å². The number of hydrogen-bond acceptors (Lipinski definition) is 30. The summed E-state index contributed by atoms with van der Waals surface area (Å²) in [7, 11) is 0. The topological polar surface area (TPSA) is 478 Å². The first-order chi connectivity index (χ1) is 48.0. The highest BCUT2D eigenvalue weighted by Crippen LogP contribution is 2.34. The molecule has 6 aromatic carbocycles. The third-order valence-electron chi connectivity index (χ3n) is 11.4. The predicted molar refractivity (Wildman–Crippen MR) is 359 cm³/mol. The lowest BCUT2D eigenvalue weighted by atomic mass is 10.2. The number of ether oxygens (including phenoxy) is 12. The summed E-state index contributed by atoms with van der Waals surface area (Å²) in [5.74, 6) is -5.61. The number of esters is 12. The Bertz CT molecular complexity index is 3660. The zero-order valence-corrected chi connectivity index (χ0v) is 57.7. The normalized spacial score (nSPS) is 9.92. The van der Waals surface area contributed by atoms with Gasteiger partial charge in [0.25, 0.3) is 0 Å². The summed E-state index contributed by atoms with van der Waals surface area (Å²) < 4.78 is 59.3. The molecule has 6 aromatic rings. The molecule has 0 aliphatic carbocycles. The van der Waals surface area contributed by atoms with Crippen molar-refractivity contribution in [1.82, 2.24) is 10.6 Å². The third-order valence-corrected chi connectivity index (χ3v) is 11.4. The SMILES string of the molecule is CC(=O)Oc1ccc(CN)cc1OC(C)=O.CC(=O)Oc1ccc(CN)cc1OC(C)=O.CC(=O)Oc1ccc(CN)cc1OC(C)=O.CC(=O)Oc1ccc(CN)cc1OC(C)=O.CC(=O)Oc1ccc(CNC(=O)/C=C\C(=O)NCc2ccc(OC(C)=O)c(OC(C)=O)c2)cc1OC(C)=O. The molecule has 0 heterocycles. The monoisotopic (exact) mass is 1420 g/mol. The van der Waals surface area contributed by atoms with Crippen LogP contribution in [0.4, 0.5) is 0 Å². The van der Waals surface area contributed by atoms with E-state index in [1.54, 1.807) is 84.9 Å². The number of benzene rings is 6. The van der Waals surface area contributed by atoms with Crippen molar-refractivity contribution in [2.24, 2.45) is 22.9 Å². The van der Waals surface area contributed by atoms with Gasteiger partial charge in [-0.05, 0) is 106 Å². The summed E-state index contributed by atoms with van der Waals surface area (Å²) >= 11 is 0. The van der Waals surface area contributed by atoms with Crippen LogP contribution in [0, 0.1) is 0 Å². The van der Waals surface area contributed by atoms with Crippen LogP contribution in [0.1, 0.15) is 116 Å². The molecule has 0 spiro atoms. The van der Waals surface area contributed by atoms with Crippen LogP contribution in [0.5, 0.6) is 69.0 Å². The van der Waals surface area contributed by atoms with Gasteiger partial charge in [0.2, 0.25) is 11.8 Å². The zero-order chi connectivity index (χ0) is 76.8. The van der Waals surface area contributed by atoms with Crippen LogP contribution in [0.2, 0.25) is 0 Å². The quantitative estimate of drug-likeness (QED) is 0.0263. The fourth-order valence-electron chi connectivity index (χ4n) is 7.53. The molecule has 0 bridgehead atoms. The van der Waals surface area contributed by atoms with Gasteiger partial charge in [-0.25, -0.2) is 0 Å². The van der Waals surface area contributed by atoms with E-state index < -0.39 is 83.4 Å². The van der Waals surface area contributed by atoms with E-state index in [0.717, 1.165) is 34.4 Å². The second-order valence-corrected chi connectivity index (χ2v) is 20.4. The van der Waals surface area contributed by atoms with Crippen molar-refractivity contribution < 1.29 is 124 Å². The molecule has 544 valence electrons. The largest absolute Gasteiger partial charge is 0.423 e. The first-order valence-electron chi connectivity index (χ1n) is 30.1. The fourth-order valence-corrected chi connectivity index (χ4v) is 7.53. The Hall–Kier alpha value is -12.5. The highest BCUT2D eigenvalue weighted by atomic mass is 16.6. The van der Waals surface area contributed by atoms with Crippen LogP contribution in [-0.2, 0) is 106 Å². The highest BCUT2D eigenvalue weighted by Gasteiger charge is 2.17. The minimum absolute atomic E-state index is 0.0205. The van der Waals surface area contributed by atoms with Crippen LogP contribution >= 0.6 is 0 Å². The van der Waals surface area contributed by atoms with Gasteiger partial charge in [-0.3, -0.25) is 67.1 Å². The van der Waals surface area contributed by atoms with E-state index in [-0.39, 0.29) is 82.1 Å². The number of carbonyl (C=O) groups excluding carboxylic acids is 14. The molecule has 0 saturated heterocycles. The van der Waals surface area contributed by atoms with Gasteiger partial charge in [0.15, 0.2) is 69.0 Å². The van der Waals surface area contributed by atoms with Gasteiger partial charge in [-0.2, -0.15) is 0 Å².